The Morgan fingerprint density at radius 3 is 2.83 bits per heavy atom. The van der Waals surface area contributed by atoms with Crippen LogP contribution in [0.5, 0.6) is 0 Å². The molecule has 0 radical (unpaired) electrons. The predicted molar refractivity (Wildman–Crippen MR) is 77.6 cm³/mol. The van der Waals surface area contributed by atoms with Crippen LogP contribution in [-0.4, -0.2) is 18.9 Å². The summed E-state index contributed by atoms with van der Waals surface area (Å²) < 4.78 is 0. The first kappa shape index (κ1) is 13.4. The first-order valence-electron chi connectivity index (χ1n) is 6.51. The molecule has 0 fully saturated rings. The Bertz CT molecular complexity index is 456. The quantitative estimate of drug-likeness (QED) is 0.859. The van der Waals surface area contributed by atoms with E-state index in [1.165, 1.54) is 42.4 Å². The van der Waals surface area contributed by atoms with Crippen molar-refractivity contribution >= 4 is 18.2 Å². The van der Waals surface area contributed by atoms with E-state index in [1.807, 2.05) is 0 Å². The number of aliphatic imine (C=N–C) groups is 1. The van der Waals surface area contributed by atoms with E-state index in [1.54, 1.807) is 0 Å². The van der Waals surface area contributed by atoms with Crippen molar-refractivity contribution in [2.24, 2.45) is 10.7 Å². The molecule has 3 nitrogen and oxygen atoms in total. The summed E-state index contributed by atoms with van der Waals surface area (Å²) in [5.74, 6) is 0.962. The third kappa shape index (κ3) is 2.38. The Balaban J connectivity index is 0.00000120. The first-order chi connectivity index (χ1) is 8.36. The van der Waals surface area contributed by atoms with Crippen LogP contribution in [0.25, 0.3) is 0 Å². The zero-order chi connectivity index (χ0) is 11.7. The second kappa shape index (κ2) is 5.72. The molecule has 4 heteroatoms. The monoisotopic (exact) mass is 265 g/mol. The Morgan fingerprint density at radius 1 is 1.22 bits per heavy atom. The van der Waals surface area contributed by atoms with Crippen LogP contribution >= 0.6 is 12.4 Å². The van der Waals surface area contributed by atoms with Crippen molar-refractivity contribution < 1.29 is 0 Å². The summed E-state index contributed by atoms with van der Waals surface area (Å²) in [7, 11) is 0. The lowest BCUT2D eigenvalue weighted by Crippen LogP contribution is -2.32. The number of fused-ring (bicyclic) bond motifs is 1. The summed E-state index contributed by atoms with van der Waals surface area (Å²) in [6.45, 7) is 1.79. The van der Waals surface area contributed by atoms with E-state index in [0.717, 1.165) is 18.9 Å². The van der Waals surface area contributed by atoms with Gasteiger partial charge in [-0.1, -0.05) is 18.2 Å². The predicted octanol–water partition coefficient (Wildman–Crippen LogP) is 1.99. The lowest BCUT2D eigenvalue weighted by molar-refractivity contribution is 0.674. The Morgan fingerprint density at radius 2 is 2.06 bits per heavy atom. The van der Waals surface area contributed by atoms with E-state index in [-0.39, 0.29) is 18.4 Å². The molecule has 1 aliphatic carbocycles. The van der Waals surface area contributed by atoms with E-state index >= 15 is 0 Å². The number of hydrogen-bond donors (Lipinski definition) is 2. The molecule has 0 saturated heterocycles. The molecular weight excluding hydrogens is 246 g/mol. The van der Waals surface area contributed by atoms with Crippen LogP contribution in [0.3, 0.4) is 0 Å². The SMILES string of the molecule is Cl.NC(C1=NCCN1)c1cccc2c1CCCC2. The van der Waals surface area contributed by atoms with Crippen molar-refractivity contribution in [3.8, 4) is 0 Å². The van der Waals surface area contributed by atoms with Crippen molar-refractivity contribution in [2.75, 3.05) is 13.1 Å². The minimum Gasteiger partial charge on any atom is -0.370 e. The van der Waals surface area contributed by atoms with Crippen LogP contribution in [0.2, 0.25) is 0 Å². The summed E-state index contributed by atoms with van der Waals surface area (Å²) in [4.78, 5) is 4.44. The summed E-state index contributed by atoms with van der Waals surface area (Å²) in [5.41, 5.74) is 10.6. The van der Waals surface area contributed by atoms with Gasteiger partial charge in [0.1, 0.15) is 5.84 Å². The average molecular weight is 266 g/mol. The lowest BCUT2D eigenvalue weighted by Gasteiger charge is -2.23. The topological polar surface area (TPSA) is 50.4 Å². The van der Waals surface area contributed by atoms with Crippen LogP contribution < -0.4 is 11.1 Å². The molecule has 0 aromatic heterocycles. The molecule has 98 valence electrons. The summed E-state index contributed by atoms with van der Waals surface area (Å²) in [6.07, 6.45) is 4.98. The molecule has 3 N–H and O–H groups in total. The van der Waals surface area contributed by atoms with Crippen molar-refractivity contribution in [3.05, 3.63) is 34.9 Å². The van der Waals surface area contributed by atoms with Gasteiger partial charge in [0.05, 0.1) is 12.6 Å². The number of benzene rings is 1. The van der Waals surface area contributed by atoms with Crippen LogP contribution in [0.1, 0.15) is 35.6 Å². The minimum absolute atomic E-state index is 0. The van der Waals surface area contributed by atoms with Gasteiger partial charge in [-0.15, -0.1) is 12.4 Å². The number of nitrogens with one attached hydrogen (secondary N) is 1. The van der Waals surface area contributed by atoms with E-state index in [0.29, 0.717) is 0 Å². The zero-order valence-electron chi connectivity index (χ0n) is 10.5. The maximum absolute atomic E-state index is 6.33. The van der Waals surface area contributed by atoms with Crippen LogP contribution in [-0.2, 0) is 12.8 Å². The van der Waals surface area contributed by atoms with Crippen LogP contribution in [0.4, 0.5) is 0 Å². The van der Waals surface area contributed by atoms with Crippen molar-refractivity contribution in [1.29, 1.82) is 0 Å². The Labute approximate surface area is 114 Å². The van der Waals surface area contributed by atoms with Crippen molar-refractivity contribution in [1.82, 2.24) is 5.32 Å². The molecule has 0 amide bonds. The highest BCUT2D eigenvalue weighted by Crippen LogP contribution is 2.28. The van der Waals surface area contributed by atoms with Gasteiger partial charge in [0, 0.05) is 6.54 Å². The summed E-state index contributed by atoms with van der Waals surface area (Å²) in [6, 6.07) is 6.48. The average Bonchev–Trinajstić information content (AvgIpc) is 2.91. The molecule has 1 aromatic carbocycles. The van der Waals surface area contributed by atoms with Gasteiger partial charge in [-0.05, 0) is 42.4 Å². The maximum atomic E-state index is 6.33. The molecule has 2 aliphatic rings. The first-order valence-corrected chi connectivity index (χ1v) is 6.51. The number of nitrogens with zero attached hydrogens (tertiary/aromatic N) is 1. The zero-order valence-corrected chi connectivity index (χ0v) is 11.3. The number of aryl methyl sites for hydroxylation is 1. The molecule has 0 bridgehead atoms. The smallest absolute Gasteiger partial charge is 0.118 e. The third-order valence-electron chi connectivity index (χ3n) is 3.76. The fourth-order valence-electron chi connectivity index (χ4n) is 2.87. The molecule has 0 spiro atoms. The largest absolute Gasteiger partial charge is 0.370 e. The minimum atomic E-state index is -0.0643. The van der Waals surface area contributed by atoms with Gasteiger partial charge in [0.15, 0.2) is 0 Å². The lowest BCUT2D eigenvalue weighted by atomic mass is 9.86. The standard InChI is InChI=1S/C14H19N3.ClH/c15-13(14-16-8-9-17-14)12-7-3-5-10-4-1-2-6-11(10)12;/h3,5,7,13H,1-2,4,6,8-9,15H2,(H,16,17);1H. The molecule has 3 rings (SSSR count). The fourth-order valence-corrected chi connectivity index (χ4v) is 2.87. The summed E-state index contributed by atoms with van der Waals surface area (Å²) in [5, 5.41) is 3.29. The van der Waals surface area contributed by atoms with Gasteiger partial charge in [0.2, 0.25) is 0 Å². The normalized spacial score (nSPS) is 19.3. The highest BCUT2D eigenvalue weighted by Gasteiger charge is 2.21. The second-order valence-corrected chi connectivity index (χ2v) is 4.86. The number of amidine groups is 1. The van der Waals surface area contributed by atoms with Crippen molar-refractivity contribution in [2.45, 2.75) is 31.7 Å². The van der Waals surface area contributed by atoms with E-state index in [4.69, 9.17) is 5.73 Å². The number of hydrogen-bond acceptors (Lipinski definition) is 3. The van der Waals surface area contributed by atoms with Gasteiger partial charge >= 0.3 is 0 Å². The van der Waals surface area contributed by atoms with E-state index in [9.17, 15) is 0 Å². The van der Waals surface area contributed by atoms with E-state index in [2.05, 4.69) is 28.5 Å². The molecule has 1 aliphatic heterocycles. The maximum Gasteiger partial charge on any atom is 0.118 e. The third-order valence-corrected chi connectivity index (χ3v) is 3.76. The Kier molecular flexibility index (Phi) is 4.25. The van der Waals surface area contributed by atoms with Gasteiger partial charge in [-0.3, -0.25) is 4.99 Å². The molecular formula is C14H20ClN3. The highest BCUT2D eigenvalue weighted by molar-refractivity contribution is 5.90. The molecule has 1 aromatic rings. The molecule has 1 atom stereocenters. The molecule has 0 saturated carbocycles. The van der Waals surface area contributed by atoms with E-state index < -0.39 is 0 Å². The van der Waals surface area contributed by atoms with Crippen LogP contribution in [0, 0.1) is 0 Å². The number of rotatable bonds is 2. The van der Waals surface area contributed by atoms with Crippen LogP contribution in [0.15, 0.2) is 23.2 Å². The van der Waals surface area contributed by atoms with Gasteiger partial charge < -0.3 is 11.1 Å². The summed E-state index contributed by atoms with van der Waals surface area (Å²) >= 11 is 0. The molecule has 18 heavy (non-hydrogen) atoms. The molecule has 1 unspecified atom stereocenters. The van der Waals surface area contributed by atoms with Gasteiger partial charge in [-0.2, -0.15) is 0 Å². The molecule has 1 heterocycles. The highest BCUT2D eigenvalue weighted by atomic mass is 35.5. The van der Waals surface area contributed by atoms with Crippen molar-refractivity contribution in [3.63, 3.8) is 0 Å². The number of nitrogens with two attached hydrogens (primary N) is 1. The Hall–Kier alpha value is -1.06. The van der Waals surface area contributed by atoms with Gasteiger partial charge in [0.25, 0.3) is 0 Å². The number of halogens is 1. The fraction of sp³-hybridized carbons (Fsp3) is 0.500. The van der Waals surface area contributed by atoms with Gasteiger partial charge in [-0.25, -0.2) is 0 Å². The second-order valence-electron chi connectivity index (χ2n) is 4.86.